The van der Waals surface area contributed by atoms with Gasteiger partial charge in [0, 0.05) is 25.1 Å². The summed E-state index contributed by atoms with van der Waals surface area (Å²) in [7, 11) is 0. The Kier molecular flexibility index (Phi) is 4.88. The van der Waals surface area contributed by atoms with Crippen LogP contribution in [0.2, 0.25) is 0 Å². The maximum absolute atomic E-state index is 13.7. The van der Waals surface area contributed by atoms with Crippen LogP contribution < -0.4 is 4.90 Å². The number of rotatable bonds is 6. The monoisotopic (exact) mass is 271 g/mol. The number of ketones is 1. The van der Waals surface area contributed by atoms with Gasteiger partial charge in [0.15, 0.2) is 5.78 Å². The van der Waals surface area contributed by atoms with E-state index in [2.05, 4.69) is 0 Å². The lowest BCUT2D eigenvalue weighted by Crippen LogP contribution is -2.26. The van der Waals surface area contributed by atoms with Gasteiger partial charge in [0.1, 0.15) is 5.82 Å². The van der Waals surface area contributed by atoms with Gasteiger partial charge < -0.3 is 4.90 Å². The summed E-state index contributed by atoms with van der Waals surface area (Å²) in [6.45, 7) is 3.15. The highest BCUT2D eigenvalue weighted by Crippen LogP contribution is 2.19. The van der Waals surface area contributed by atoms with Crippen molar-refractivity contribution in [3.05, 3.63) is 66.0 Å². The number of hydrogen-bond acceptors (Lipinski definition) is 2. The molecule has 0 atom stereocenters. The zero-order chi connectivity index (χ0) is 14.4. The molecule has 0 unspecified atom stereocenters. The number of carbonyl (C=O) groups excluding carboxylic acids is 1. The minimum atomic E-state index is -0.249. The Morgan fingerprint density at radius 1 is 1.05 bits per heavy atom. The Hall–Kier alpha value is -2.16. The van der Waals surface area contributed by atoms with Crippen molar-refractivity contribution in [2.45, 2.75) is 13.3 Å². The Bertz CT molecular complexity index is 568. The molecule has 0 aromatic heterocycles. The lowest BCUT2D eigenvalue weighted by atomic mass is 10.1. The van der Waals surface area contributed by atoms with Crippen molar-refractivity contribution in [1.29, 1.82) is 0 Å². The van der Waals surface area contributed by atoms with Gasteiger partial charge in [0.2, 0.25) is 0 Å². The largest absolute Gasteiger partial charge is 0.369 e. The topological polar surface area (TPSA) is 20.3 Å². The molecule has 3 heteroatoms. The summed E-state index contributed by atoms with van der Waals surface area (Å²) in [6.07, 6.45) is 0.381. The van der Waals surface area contributed by atoms with Crippen LogP contribution in [0.5, 0.6) is 0 Å². The van der Waals surface area contributed by atoms with Crippen LogP contribution in [0.4, 0.5) is 10.1 Å². The lowest BCUT2D eigenvalue weighted by molar-refractivity contribution is 0.0984. The van der Waals surface area contributed by atoms with Gasteiger partial charge in [-0.1, -0.05) is 42.5 Å². The molecule has 2 rings (SSSR count). The molecule has 104 valence electrons. The Labute approximate surface area is 118 Å². The van der Waals surface area contributed by atoms with Gasteiger partial charge in [0.05, 0.1) is 5.69 Å². The summed E-state index contributed by atoms with van der Waals surface area (Å²) in [6, 6.07) is 15.9. The second-order valence-electron chi connectivity index (χ2n) is 4.57. The molecule has 20 heavy (non-hydrogen) atoms. The van der Waals surface area contributed by atoms with Gasteiger partial charge in [-0.3, -0.25) is 4.79 Å². The molecule has 0 spiro atoms. The van der Waals surface area contributed by atoms with Gasteiger partial charge >= 0.3 is 0 Å². The van der Waals surface area contributed by atoms with E-state index in [9.17, 15) is 9.18 Å². The first kappa shape index (κ1) is 14.3. The standard InChI is InChI=1S/C17H18FNO/c1-2-19(16-11-7-6-10-15(16)18)13-12-17(20)14-8-4-3-5-9-14/h3-11H,2,12-13H2,1H3. The van der Waals surface area contributed by atoms with Crippen LogP contribution in [0.15, 0.2) is 54.6 Å². The molecule has 0 amide bonds. The maximum atomic E-state index is 13.7. The first-order valence-electron chi connectivity index (χ1n) is 6.80. The second-order valence-corrected chi connectivity index (χ2v) is 4.57. The van der Waals surface area contributed by atoms with Crippen LogP contribution in [0.1, 0.15) is 23.7 Å². The van der Waals surface area contributed by atoms with Crippen molar-refractivity contribution in [3.8, 4) is 0 Å². The first-order chi connectivity index (χ1) is 9.72. The third-order valence-electron chi connectivity index (χ3n) is 3.28. The van der Waals surface area contributed by atoms with Crippen LogP contribution in [0.25, 0.3) is 0 Å². The summed E-state index contributed by atoms with van der Waals surface area (Å²) in [5, 5.41) is 0. The summed E-state index contributed by atoms with van der Waals surface area (Å²) in [4.78, 5) is 13.9. The maximum Gasteiger partial charge on any atom is 0.164 e. The fourth-order valence-electron chi connectivity index (χ4n) is 2.16. The normalized spacial score (nSPS) is 10.3. The van der Waals surface area contributed by atoms with Crippen molar-refractivity contribution in [3.63, 3.8) is 0 Å². The van der Waals surface area contributed by atoms with Gasteiger partial charge in [0.25, 0.3) is 0 Å². The van der Waals surface area contributed by atoms with Crippen LogP contribution >= 0.6 is 0 Å². The number of carbonyl (C=O) groups is 1. The molecular formula is C17H18FNO. The third kappa shape index (κ3) is 3.44. The van der Waals surface area contributed by atoms with Crippen molar-refractivity contribution in [2.75, 3.05) is 18.0 Å². The van der Waals surface area contributed by atoms with E-state index in [1.807, 2.05) is 42.2 Å². The average Bonchev–Trinajstić information content (AvgIpc) is 2.50. The fourth-order valence-corrected chi connectivity index (χ4v) is 2.16. The molecular weight excluding hydrogens is 253 g/mol. The Morgan fingerprint density at radius 2 is 1.70 bits per heavy atom. The van der Waals surface area contributed by atoms with Gasteiger partial charge in [-0.25, -0.2) is 4.39 Å². The van der Waals surface area contributed by atoms with E-state index >= 15 is 0 Å². The van der Waals surface area contributed by atoms with E-state index in [1.54, 1.807) is 18.2 Å². The van der Waals surface area contributed by atoms with Crippen molar-refractivity contribution < 1.29 is 9.18 Å². The smallest absolute Gasteiger partial charge is 0.164 e. The summed E-state index contributed by atoms with van der Waals surface area (Å²) < 4.78 is 13.7. The average molecular weight is 271 g/mol. The molecule has 0 aliphatic heterocycles. The minimum Gasteiger partial charge on any atom is -0.369 e. The molecule has 2 aromatic rings. The van der Waals surface area contributed by atoms with E-state index in [1.165, 1.54) is 6.07 Å². The lowest BCUT2D eigenvalue weighted by Gasteiger charge is -2.23. The quantitative estimate of drug-likeness (QED) is 0.742. The fraction of sp³-hybridized carbons (Fsp3) is 0.235. The number of anilines is 1. The summed E-state index contributed by atoms with van der Waals surface area (Å²) in [5.74, 6) is -0.165. The molecule has 2 aromatic carbocycles. The Balaban J connectivity index is 2.02. The summed E-state index contributed by atoms with van der Waals surface area (Å²) in [5.41, 5.74) is 1.26. The van der Waals surface area contributed by atoms with Crippen LogP contribution in [-0.2, 0) is 0 Å². The number of benzene rings is 2. The highest BCUT2D eigenvalue weighted by atomic mass is 19.1. The van der Waals surface area contributed by atoms with Gasteiger partial charge in [-0.15, -0.1) is 0 Å². The van der Waals surface area contributed by atoms with Crippen molar-refractivity contribution in [1.82, 2.24) is 0 Å². The van der Waals surface area contributed by atoms with Crippen LogP contribution in [0, 0.1) is 5.82 Å². The highest BCUT2D eigenvalue weighted by Gasteiger charge is 2.12. The van der Waals surface area contributed by atoms with Crippen LogP contribution in [-0.4, -0.2) is 18.9 Å². The SMILES string of the molecule is CCN(CCC(=O)c1ccccc1)c1ccccc1F. The van der Waals surface area contributed by atoms with E-state index in [4.69, 9.17) is 0 Å². The highest BCUT2D eigenvalue weighted by molar-refractivity contribution is 5.96. The predicted octanol–water partition coefficient (Wildman–Crippen LogP) is 3.93. The van der Waals surface area contributed by atoms with Crippen molar-refractivity contribution >= 4 is 11.5 Å². The number of halogens is 1. The molecule has 0 radical (unpaired) electrons. The molecule has 0 heterocycles. The van der Waals surface area contributed by atoms with E-state index in [0.29, 0.717) is 30.8 Å². The van der Waals surface area contributed by atoms with Crippen molar-refractivity contribution in [2.24, 2.45) is 0 Å². The zero-order valence-electron chi connectivity index (χ0n) is 11.6. The third-order valence-corrected chi connectivity index (χ3v) is 3.28. The molecule has 0 bridgehead atoms. The van der Waals surface area contributed by atoms with Crippen LogP contribution in [0.3, 0.4) is 0 Å². The number of Topliss-reactive ketones (excluding diaryl/α,β-unsaturated/α-hetero) is 1. The molecule has 0 aliphatic rings. The number of hydrogen-bond donors (Lipinski definition) is 0. The molecule has 0 N–H and O–H groups in total. The number of nitrogens with zero attached hydrogens (tertiary/aromatic N) is 1. The molecule has 0 fully saturated rings. The van der Waals surface area contributed by atoms with E-state index in [-0.39, 0.29) is 11.6 Å². The minimum absolute atomic E-state index is 0.0837. The zero-order valence-corrected chi connectivity index (χ0v) is 11.6. The molecule has 0 saturated carbocycles. The number of para-hydroxylation sites is 1. The molecule has 0 aliphatic carbocycles. The van der Waals surface area contributed by atoms with E-state index in [0.717, 1.165) is 0 Å². The van der Waals surface area contributed by atoms with Gasteiger partial charge in [-0.2, -0.15) is 0 Å². The Morgan fingerprint density at radius 3 is 2.35 bits per heavy atom. The first-order valence-corrected chi connectivity index (χ1v) is 6.80. The predicted molar refractivity (Wildman–Crippen MR) is 79.7 cm³/mol. The van der Waals surface area contributed by atoms with E-state index < -0.39 is 0 Å². The molecule has 0 saturated heterocycles. The second kappa shape index (κ2) is 6.85. The summed E-state index contributed by atoms with van der Waals surface area (Å²) >= 11 is 0. The van der Waals surface area contributed by atoms with Gasteiger partial charge in [-0.05, 0) is 19.1 Å². The molecule has 2 nitrogen and oxygen atoms in total.